The summed E-state index contributed by atoms with van der Waals surface area (Å²) in [6.07, 6.45) is 4.43. The van der Waals surface area contributed by atoms with Crippen LogP contribution in [0.5, 0.6) is 0 Å². The summed E-state index contributed by atoms with van der Waals surface area (Å²) < 4.78 is 9.98. The highest BCUT2D eigenvalue weighted by molar-refractivity contribution is 6.06. The van der Waals surface area contributed by atoms with Gasteiger partial charge < -0.3 is 9.47 Å². The summed E-state index contributed by atoms with van der Waals surface area (Å²) in [6.45, 7) is 8.36. The van der Waals surface area contributed by atoms with Gasteiger partial charge in [0.05, 0.1) is 14.2 Å². The quantitative estimate of drug-likeness (QED) is 0.295. The van der Waals surface area contributed by atoms with Crippen molar-refractivity contribution in [1.82, 2.24) is 0 Å². The van der Waals surface area contributed by atoms with Gasteiger partial charge in [-0.2, -0.15) is 0 Å². The van der Waals surface area contributed by atoms with Crippen LogP contribution in [0.4, 0.5) is 0 Å². The fourth-order valence-electron chi connectivity index (χ4n) is 3.82. The minimum absolute atomic E-state index is 0.318. The molecular weight excluding hydrogens is 340 g/mol. The third-order valence-corrected chi connectivity index (χ3v) is 5.59. The fourth-order valence-corrected chi connectivity index (χ4v) is 3.82. The minimum Gasteiger partial charge on any atom is -0.468 e. The van der Waals surface area contributed by atoms with Crippen LogP contribution in [0.15, 0.2) is 59.9 Å². The molecule has 0 N–H and O–H groups in total. The standard InChI is InChI=1S/C23H28O4/c1-6-18(7-2)14-13-17(3)22(15-19-11-9-8-10-12-19)16-23(22,20(24)26-4)21(25)27-5/h8-13H,3,6-7,15-16H2,1-2,4-5H3. The molecule has 1 atom stereocenters. The van der Waals surface area contributed by atoms with Crippen molar-refractivity contribution in [3.63, 3.8) is 0 Å². The first kappa shape index (κ1) is 20.7. The van der Waals surface area contributed by atoms with Crippen LogP contribution < -0.4 is 0 Å². The van der Waals surface area contributed by atoms with E-state index in [1.54, 1.807) is 0 Å². The van der Waals surface area contributed by atoms with Gasteiger partial charge in [0.2, 0.25) is 0 Å². The lowest BCUT2D eigenvalue weighted by Gasteiger charge is -2.23. The molecule has 0 bridgehead atoms. The number of ether oxygens (including phenoxy) is 2. The molecule has 0 aromatic heterocycles. The Morgan fingerprint density at radius 2 is 1.67 bits per heavy atom. The summed E-state index contributed by atoms with van der Waals surface area (Å²) in [4.78, 5) is 25.3. The molecule has 1 aliphatic carbocycles. The Kier molecular flexibility index (Phi) is 6.45. The van der Waals surface area contributed by atoms with Crippen LogP contribution in [-0.4, -0.2) is 26.2 Å². The number of carbonyl (C=O) groups excluding carboxylic acids is 2. The van der Waals surface area contributed by atoms with E-state index in [0.717, 1.165) is 24.0 Å². The highest BCUT2D eigenvalue weighted by Crippen LogP contribution is 2.70. The highest BCUT2D eigenvalue weighted by Gasteiger charge is 2.78. The van der Waals surface area contributed by atoms with E-state index < -0.39 is 22.8 Å². The second-order valence-electron chi connectivity index (χ2n) is 6.93. The molecule has 0 amide bonds. The Labute approximate surface area is 161 Å². The molecule has 1 aromatic carbocycles. The summed E-state index contributed by atoms with van der Waals surface area (Å²) in [7, 11) is 2.59. The number of benzene rings is 1. The maximum absolute atomic E-state index is 12.7. The van der Waals surface area contributed by atoms with Crippen molar-refractivity contribution >= 4 is 11.9 Å². The van der Waals surface area contributed by atoms with Crippen molar-refractivity contribution in [3.8, 4) is 0 Å². The van der Waals surface area contributed by atoms with Crippen LogP contribution in [-0.2, 0) is 25.5 Å². The maximum atomic E-state index is 12.7. The first-order chi connectivity index (χ1) is 12.9. The van der Waals surface area contributed by atoms with Crippen molar-refractivity contribution in [1.29, 1.82) is 0 Å². The van der Waals surface area contributed by atoms with Gasteiger partial charge in [0.15, 0.2) is 5.41 Å². The Hall–Kier alpha value is -2.58. The van der Waals surface area contributed by atoms with E-state index in [-0.39, 0.29) is 0 Å². The normalized spacial score (nSPS) is 19.4. The summed E-state index contributed by atoms with van der Waals surface area (Å²) in [5, 5.41) is 0. The first-order valence-electron chi connectivity index (χ1n) is 9.26. The zero-order valence-electron chi connectivity index (χ0n) is 16.6. The molecule has 0 heterocycles. The number of hydrogen-bond donors (Lipinski definition) is 0. The number of methoxy groups -OCH3 is 2. The molecule has 4 heteroatoms. The average molecular weight is 368 g/mol. The summed E-state index contributed by atoms with van der Waals surface area (Å²) in [5.41, 5.74) is 4.04. The Balaban J connectivity index is 2.54. The monoisotopic (exact) mass is 368 g/mol. The SMILES string of the molecule is C=C(C=C=C(CC)CC)C1(Cc2ccccc2)CC1(C(=O)OC)C(=O)OC. The predicted molar refractivity (Wildman–Crippen MR) is 105 cm³/mol. The van der Waals surface area contributed by atoms with Crippen molar-refractivity contribution in [2.75, 3.05) is 14.2 Å². The second-order valence-corrected chi connectivity index (χ2v) is 6.93. The number of carbonyl (C=O) groups is 2. The Bertz CT molecular complexity index is 762. The molecule has 27 heavy (non-hydrogen) atoms. The van der Waals surface area contributed by atoms with Crippen molar-refractivity contribution in [2.45, 2.75) is 39.5 Å². The fraction of sp³-hybridized carbons (Fsp3) is 0.435. The molecule has 1 saturated carbocycles. The van der Waals surface area contributed by atoms with Crippen LogP contribution in [0.2, 0.25) is 0 Å². The van der Waals surface area contributed by atoms with Crippen LogP contribution in [0.25, 0.3) is 0 Å². The van der Waals surface area contributed by atoms with Crippen LogP contribution in [0.3, 0.4) is 0 Å². The molecule has 1 fully saturated rings. The maximum Gasteiger partial charge on any atom is 0.324 e. The van der Waals surface area contributed by atoms with Gasteiger partial charge in [-0.15, -0.1) is 5.73 Å². The third-order valence-electron chi connectivity index (χ3n) is 5.59. The summed E-state index contributed by atoms with van der Waals surface area (Å²) in [6, 6.07) is 9.77. The Morgan fingerprint density at radius 1 is 1.11 bits per heavy atom. The molecule has 0 aliphatic heterocycles. The first-order valence-corrected chi connectivity index (χ1v) is 9.26. The lowest BCUT2D eigenvalue weighted by atomic mass is 9.81. The molecule has 1 aliphatic rings. The van der Waals surface area contributed by atoms with Crippen LogP contribution in [0, 0.1) is 10.8 Å². The van der Waals surface area contributed by atoms with Gasteiger partial charge in [-0.05, 0) is 48.5 Å². The van der Waals surface area contributed by atoms with E-state index in [2.05, 4.69) is 26.2 Å². The lowest BCUT2D eigenvalue weighted by Crippen LogP contribution is -2.35. The van der Waals surface area contributed by atoms with Crippen LogP contribution >= 0.6 is 0 Å². The van der Waals surface area contributed by atoms with Crippen molar-refractivity contribution in [2.24, 2.45) is 10.8 Å². The zero-order chi connectivity index (χ0) is 20.1. The molecule has 1 unspecified atom stereocenters. The molecule has 0 radical (unpaired) electrons. The van der Waals surface area contributed by atoms with Gasteiger partial charge in [-0.25, -0.2) is 0 Å². The molecule has 144 valence electrons. The van der Waals surface area contributed by atoms with E-state index in [1.165, 1.54) is 14.2 Å². The molecule has 0 spiro atoms. The number of allylic oxidation sites excluding steroid dienone is 2. The summed E-state index contributed by atoms with van der Waals surface area (Å²) >= 11 is 0. The molecule has 1 aromatic rings. The average Bonchev–Trinajstić information content (AvgIpc) is 3.38. The van der Waals surface area contributed by atoms with E-state index in [1.807, 2.05) is 36.4 Å². The van der Waals surface area contributed by atoms with Gasteiger partial charge >= 0.3 is 11.9 Å². The van der Waals surface area contributed by atoms with Gasteiger partial charge in [-0.1, -0.05) is 50.8 Å². The smallest absolute Gasteiger partial charge is 0.324 e. The number of rotatable bonds is 8. The third kappa shape index (κ3) is 3.63. The largest absolute Gasteiger partial charge is 0.468 e. The molecular formula is C23H28O4. The lowest BCUT2D eigenvalue weighted by molar-refractivity contribution is -0.163. The predicted octanol–water partition coefficient (Wildman–Crippen LogP) is 4.41. The van der Waals surface area contributed by atoms with Crippen molar-refractivity contribution < 1.29 is 19.1 Å². The number of hydrogen-bond acceptors (Lipinski definition) is 4. The minimum atomic E-state index is -1.36. The van der Waals surface area contributed by atoms with E-state index in [0.29, 0.717) is 18.4 Å². The summed E-state index contributed by atoms with van der Waals surface area (Å²) in [5.74, 6) is -1.15. The highest BCUT2D eigenvalue weighted by atomic mass is 16.5. The van der Waals surface area contributed by atoms with Crippen LogP contribution in [0.1, 0.15) is 38.7 Å². The second kappa shape index (κ2) is 8.41. The molecule has 4 nitrogen and oxygen atoms in total. The van der Waals surface area contributed by atoms with E-state index in [9.17, 15) is 9.59 Å². The topological polar surface area (TPSA) is 52.6 Å². The zero-order valence-corrected chi connectivity index (χ0v) is 16.6. The molecule has 2 rings (SSSR count). The van der Waals surface area contributed by atoms with E-state index in [4.69, 9.17) is 9.47 Å². The van der Waals surface area contributed by atoms with Crippen molar-refractivity contribution in [3.05, 3.63) is 65.4 Å². The van der Waals surface area contributed by atoms with Gasteiger partial charge in [0.1, 0.15) is 0 Å². The number of esters is 2. The Morgan fingerprint density at radius 3 is 2.15 bits per heavy atom. The van der Waals surface area contributed by atoms with Gasteiger partial charge in [0, 0.05) is 5.41 Å². The van der Waals surface area contributed by atoms with Gasteiger partial charge in [-0.3, -0.25) is 9.59 Å². The van der Waals surface area contributed by atoms with Gasteiger partial charge in [0.25, 0.3) is 0 Å². The molecule has 0 saturated heterocycles. The van der Waals surface area contributed by atoms with E-state index >= 15 is 0 Å².